The molecular weight excluding hydrogens is 374 g/mol. The van der Waals surface area contributed by atoms with Crippen LogP contribution < -0.4 is 5.32 Å². The summed E-state index contributed by atoms with van der Waals surface area (Å²) in [6, 6.07) is 7.31. The average molecular weight is 394 g/mol. The summed E-state index contributed by atoms with van der Waals surface area (Å²) in [7, 11) is 0. The van der Waals surface area contributed by atoms with Crippen molar-refractivity contribution in [2.24, 2.45) is 5.92 Å². The molecule has 0 spiro atoms. The van der Waals surface area contributed by atoms with E-state index in [1.807, 2.05) is 17.5 Å². The zero-order chi connectivity index (χ0) is 16.2. The van der Waals surface area contributed by atoms with Gasteiger partial charge in [0.1, 0.15) is 0 Å². The maximum Gasteiger partial charge on any atom is 0.257 e. The Hall–Kier alpha value is -1.24. The van der Waals surface area contributed by atoms with Gasteiger partial charge < -0.3 is 0 Å². The molecule has 3 rings (SSSR count). The quantitative estimate of drug-likeness (QED) is 0.837. The summed E-state index contributed by atoms with van der Waals surface area (Å²) in [6.07, 6.45) is 2.52. The molecule has 0 bridgehead atoms. The molecule has 122 valence electrons. The molecule has 1 fully saturated rings. The number of hydrogen-bond acceptors (Lipinski definition) is 4. The third-order valence-electron chi connectivity index (χ3n) is 4.14. The number of rotatable bonds is 4. The number of nitrogens with one attached hydrogen (secondary N) is 1. The van der Waals surface area contributed by atoms with Crippen molar-refractivity contribution in [3.63, 3.8) is 0 Å². The predicted octanol–water partition coefficient (Wildman–Crippen LogP) is 4.39. The third-order valence-corrected chi connectivity index (χ3v) is 5.48. The van der Waals surface area contributed by atoms with Crippen LogP contribution in [0.2, 0.25) is 0 Å². The number of nitrogens with zero attached hydrogens (tertiary/aromatic N) is 2. The van der Waals surface area contributed by atoms with Crippen molar-refractivity contribution in [1.82, 2.24) is 9.88 Å². The van der Waals surface area contributed by atoms with Gasteiger partial charge in [0.05, 0.1) is 5.69 Å². The van der Waals surface area contributed by atoms with E-state index in [2.05, 4.69) is 38.1 Å². The van der Waals surface area contributed by atoms with Gasteiger partial charge in [-0.25, -0.2) is 4.98 Å². The lowest BCUT2D eigenvalue weighted by Gasteiger charge is -2.29. The topological polar surface area (TPSA) is 45.2 Å². The Morgan fingerprint density at radius 3 is 2.74 bits per heavy atom. The van der Waals surface area contributed by atoms with Crippen LogP contribution in [0.4, 0.5) is 5.13 Å². The van der Waals surface area contributed by atoms with Crippen molar-refractivity contribution >= 4 is 38.3 Å². The first-order chi connectivity index (χ1) is 11.1. The van der Waals surface area contributed by atoms with E-state index in [4.69, 9.17) is 0 Å². The van der Waals surface area contributed by atoms with Crippen molar-refractivity contribution in [2.45, 2.75) is 26.3 Å². The molecule has 0 aliphatic carbocycles. The van der Waals surface area contributed by atoms with E-state index in [0.717, 1.165) is 35.7 Å². The fourth-order valence-corrected chi connectivity index (χ4v) is 3.62. The lowest BCUT2D eigenvalue weighted by atomic mass is 9.99. The van der Waals surface area contributed by atoms with Crippen molar-refractivity contribution < 1.29 is 4.79 Å². The molecule has 1 aliphatic rings. The lowest BCUT2D eigenvalue weighted by molar-refractivity contribution is 0.102. The number of carbonyl (C=O) groups excluding carboxylic acids is 1. The van der Waals surface area contributed by atoms with Crippen LogP contribution in [-0.4, -0.2) is 28.9 Å². The van der Waals surface area contributed by atoms with E-state index in [1.54, 1.807) is 12.1 Å². The molecule has 0 radical (unpaired) electrons. The van der Waals surface area contributed by atoms with Gasteiger partial charge in [-0.15, -0.1) is 11.3 Å². The van der Waals surface area contributed by atoms with Crippen molar-refractivity contribution in [3.8, 4) is 0 Å². The smallest absolute Gasteiger partial charge is 0.257 e. The molecule has 1 aromatic heterocycles. The second kappa shape index (κ2) is 7.55. The second-order valence-corrected chi connectivity index (χ2v) is 7.84. The fraction of sp³-hybridized carbons (Fsp3) is 0.412. The lowest BCUT2D eigenvalue weighted by Crippen LogP contribution is -2.32. The summed E-state index contributed by atoms with van der Waals surface area (Å²) in [5.41, 5.74) is 1.67. The van der Waals surface area contributed by atoms with Gasteiger partial charge in [-0.05, 0) is 56.1 Å². The first-order valence-electron chi connectivity index (χ1n) is 7.84. The Kier molecular flexibility index (Phi) is 5.46. The molecule has 1 aromatic carbocycles. The van der Waals surface area contributed by atoms with Gasteiger partial charge in [-0.2, -0.15) is 0 Å². The molecule has 2 aromatic rings. The minimum absolute atomic E-state index is 0.120. The molecule has 0 atom stereocenters. The molecule has 1 N–H and O–H groups in total. The molecular formula is C17H20BrN3OS. The number of likely N-dealkylation sites (tertiary alicyclic amines) is 1. The molecule has 0 saturated carbocycles. The fourth-order valence-electron chi connectivity index (χ4n) is 2.66. The van der Waals surface area contributed by atoms with Crippen molar-refractivity contribution in [1.29, 1.82) is 0 Å². The van der Waals surface area contributed by atoms with Gasteiger partial charge in [-0.3, -0.25) is 15.0 Å². The molecule has 1 aliphatic heterocycles. The molecule has 1 amide bonds. The van der Waals surface area contributed by atoms with Gasteiger partial charge in [0.15, 0.2) is 5.13 Å². The summed E-state index contributed by atoms with van der Waals surface area (Å²) in [5, 5.41) is 5.58. The second-order valence-electron chi connectivity index (χ2n) is 6.06. The van der Waals surface area contributed by atoms with Gasteiger partial charge in [0, 0.05) is 22.0 Å². The molecule has 6 heteroatoms. The van der Waals surface area contributed by atoms with E-state index >= 15 is 0 Å². The normalized spacial score (nSPS) is 16.4. The maximum absolute atomic E-state index is 12.2. The van der Waals surface area contributed by atoms with Crippen LogP contribution in [0.5, 0.6) is 0 Å². The SMILES string of the molecule is CC1CCN(Cc2csc(NC(=O)c3ccc(Br)cc3)n2)CC1. The predicted molar refractivity (Wildman–Crippen MR) is 97.9 cm³/mol. The minimum Gasteiger partial charge on any atom is -0.298 e. The standard InChI is InChI=1S/C17H20BrN3OS/c1-12-6-8-21(9-7-12)10-15-11-23-17(19-15)20-16(22)13-2-4-14(18)5-3-13/h2-5,11-12H,6-10H2,1H3,(H,19,20,22). The minimum atomic E-state index is -0.120. The molecule has 2 heterocycles. The summed E-state index contributed by atoms with van der Waals surface area (Å²) >= 11 is 4.85. The van der Waals surface area contributed by atoms with E-state index in [1.165, 1.54) is 24.2 Å². The van der Waals surface area contributed by atoms with Crippen LogP contribution in [0.15, 0.2) is 34.1 Å². The number of amides is 1. The Balaban J connectivity index is 1.56. The van der Waals surface area contributed by atoms with Gasteiger partial charge >= 0.3 is 0 Å². The number of piperidine rings is 1. The molecule has 0 unspecified atom stereocenters. The molecule has 1 saturated heterocycles. The monoisotopic (exact) mass is 393 g/mol. The van der Waals surface area contributed by atoms with Crippen LogP contribution in [0.3, 0.4) is 0 Å². The number of halogens is 1. The van der Waals surface area contributed by atoms with Crippen LogP contribution in [0.1, 0.15) is 35.8 Å². The van der Waals surface area contributed by atoms with Crippen LogP contribution in [-0.2, 0) is 6.54 Å². The van der Waals surface area contributed by atoms with Crippen molar-refractivity contribution in [3.05, 3.63) is 45.4 Å². The van der Waals surface area contributed by atoms with Gasteiger partial charge in [0.2, 0.25) is 0 Å². The Labute approximate surface area is 149 Å². The number of aromatic nitrogens is 1. The summed E-state index contributed by atoms with van der Waals surface area (Å²) in [4.78, 5) is 19.2. The highest BCUT2D eigenvalue weighted by molar-refractivity contribution is 9.10. The van der Waals surface area contributed by atoms with Crippen LogP contribution in [0, 0.1) is 5.92 Å². The zero-order valence-electron chi connectivity index (χ0n) is 13.1. The van der Waals surface area contributed by atoms with Crippen molar-refractivity contribution in [2.75, 3.05) is 18.4 Å². The first-order valence-corrected chi connectivity index (χ1v) is 9.51. The highest BCUT2D eigenvalue weighted by Crippen LogP contribution is 2.21. The van der Waals surface area contributed by atoms with E-state index in [-0.39, 0.29) is 5.91 Å². The van der Waals surface area contributed by atoms with Crippen LogP contribution >= 0.6 is 27.3 Å². The summed E-state index contributed by atoms with van der Waals surface area (Å²) < 4.78 is 0.960. The van der Waals surface area contributed by atoms with Crippen LogP contribution in [0.25, 0.3) is 0 Å². The Morgan fingerprint density at radius 1 is 1.35 bits per heavy atom. The van der Waals surface area contributed by atoms with E-state index in [9.17, 15) is 4.79 Å². The number of benzene rings is 1. The summed E-state index contributed by atoms with van der Waals surface area (Å²) in [5.74, 6) is 0.715. The van der Waals surface area contributed by atoms with Gasteiger partial charge in [-0.1, -0.05) is 22.9 Å². The highest BCUT2D eigenvalue weighted by atomic mass is 79.9. The average Bonchev–Trinajstić information content (AvgIpc) is 2.97. The molecule has 23 heavy (non-hydrogen) atoms. The van der Waals surface area contributed by atoms with E-state index in [0.29, 0.717) is 10.7 Å². The highest BCUT2D eigenvalue weighted by Gasteiger charge is 2.17. The van der Waals surface area contributed by atoms with Gasteiger partial charge in [0.25, 0.3) is 5.91 Å². The number of hydrogen-bond donors (Lipinski definition) is 1. The van der Waals surface area contributed by atoms with E-state index < -0.39 is 0 Å². The number of anilines is 1. The molecule has 4 nitrogen and oxygen atoms in total. The summed E-state index contributed by atoms with van der Waals surface area (Å²) in [6.45, 7) is 5.46. The Bertz CT molecular complexity index is 663. The number of thiazole rings is 1. The maximum atomic E-state index is 12.2. The Morgan fingerprint density at radius 2 is 2.04 bits per heavy atom. The first kappa shape index (κ1) is 16.6. The largest absolute Gasteiger partial charge is 0.298 e. The third kappa shape index (κ3) is 4.62. The zero-order valence-corrected chi connectivity index (χ0v) is 15.5. The number of carbonyl (C=O) groups is 1.